The lowest BCUT2D eigenvalue weighted by atomic mass is 10.00. The fourth-order valence-electron chi connectivity index (χ4n) is 3.81. The van der Waals surface area contributed by atoms with Gasteiger partial charge in [-0.3, -0.25) is 9.59 Å². The van der Waals surface area contributed by atoms with Crippen LogP contribution in [0.4, 0.5) is 0 Å². The van der Waals surface area contributed by atoms with Crippen LogP contribution in [0.3, 0.4) is 0 Å². The number of benzene rings is 3. The Morgan fingerprint density at radius 3 is 1.40 bits per heavy atom. The van der Waals surface area contributed by atoms with Crippen LogP contribution in [0.25, 0.3) is 18.2 Å². The molecule has 0 aliphatic heterocycles. The van der Waals surface area contributed by atoms with Gasteiger partial charge in [-0.1, -0.05) is 24.3 Å². The molecular weight excluding hydrogens is 512 g/mol. The van der Waals surface area contributed by atoms with Gasteiger partial charge >= 0.3 is 0 Å². The summed E-state index contributed by atoms with van der Waals surface area (Å²) in [6, 6.07) is 15.6. The second kappa shape index (κ2) is 14.2. The Morgan fingerprint density at radius 2 is 0.975 bits per heavy atom. The lowest BCUT2D eigenvalue weighted by Crippen LogP contribution is -2.09. The molecule has 0 saturated carbocycles. The van der Waals surface area contributed by atoms with Gasteiger partial charge in [0.15, 0.2) is 34.6 Å². The topological polar surface area (TPSA) is 89.5 Å². The van der Waals surface area contributed by atoms with Crippen molar-refractivity contribution in [2.45, 2.75) is 0 Å². The van der Waals surface area contributed by atoms with Crippen LogP contribution in [0, 0.1) is 0 Å². The number of carbonyl (C=O) groups is 2. The van der Waals surface area contributed by atoms with Gasteiger partial charge in [-0.05, 0) is 71.8 Å². The Morgan fingerprint density at radius 1 is 0.525 bits per heavy atom. The summed E-state index contributed by atoms with van der Waals surface area (Å²) in [5.41, 5.74) is 1.83. The minimum Gasteiger partial charge on any atom is -0.497 e. The number of ether oxygens (including phenoxy) is 6. The summed E-state index contributed by atoms with van der Waals surface area (Å²) in [5.74, 6) is 2.19. The molecule has 0 heterocycles. The largest absolute Gasteiger partial charge is 0.497 e. The molecule has 0 fully saturated rings. The Bertz CT molecular complexity index is 1370. The third-order valence-corrected chi connectivity index (χ3v) is 5.94. The highest BCUT2D eigenvalue weighted by Gasteiger charge is 2.16. The van der Waals surface area contributed by atoms with Gasteiger partial charge in [-0.15, -0.1) is 0 Å². The van der Waals surface area contributed by atoms with Crippen molar-refractivity contribution in [1.82, 2.24) is 0 Å². The maximum absolute atomic E-state index is 13.4. The van der Waals surface area contributed by atoms with Gasteiger partial charge in [0.05, 0.1) is 48.2 Å². The zero-order valence-electron chi connectivity index (χ0n) is 23.3. The first kappa shape index (κ1) is 29.6. The number of hydrogen-bond donors (Lipinski definition) is 0. The van der Waals surface area contributed by atoms with E-state index in [1.165, 1.54) is 46.7 Å². The van der Waals surface area contributed by atoms with Crippen molar-refractivity contribution in [1.29, 1.82) is 0 Å². The molecule has 3 aromatic rings. The summed E-state index contributed by atoms with van der Waals surface area (Å²) in [6.45, 7) is 0. The smallest absolute Gasteiger partial charge is 0.189 e. The van der Waals surface area contributed by atoms with Crippen molar-refractivity contribution in [2.24, 2.45) is 0 Å². The molecule has 0 atom stereocenters. The van der Waals surface area contributed by atoms with E-state index in [1.54, 1.807) is 81.0 Å². The van der Waals surface area contributed by atoms with Crippen LogP contribution in [0.2, 0.25) is 0 Å². The van der Waals surface area contributed by atoms with E-state index in [9.17, 15) is 9.59 Å². The Balaban J connectivity index is 2.02. The minimum atomic E-state index is -0.499. The third kappa shape index (κ3) is 7.32. The van der Waals surface area contributed by atoms with E-state index < -0.39 is 11.6 Å². The second-order valence-electron chi connectivity index (χ2n) is 8.29. The highest BCUT2D eigenvalue weighted by atomic mass is 16.5. The molecule has 3 rings (SSSR count). The van der Waals surface area contributed by atoms with Crippen molar-refractivity contribution in [3.05, 3.63) is 89.0 Å². The molecule has 0 radical (unpaired) electrons. The number of allylic oxidation sites excluding steroid dienone is 3. The van der Waals surface area contributed by atoms with Crippen LogP contribution in [0.5, 0.6) is 34.5 Å². The summed E-state index contributed by atoms with van der Waals surface area (Å²) in [5, 5.41) is 0. The van der Waals surface area contributed by atoms with E-state index in [0.717, 1.165) is 0 Å². The fraction of sp³-hybridized carbons (Fsp3) is 0.188. The van der Waals surface area contributed by atoms with Crippen LogP contribution < -0.4 is 28.4 Å². The zero-order chi connectivity index (χ0) is 29.1. The molecule has 0 N–H and O–H groups in total. The minimum absolute atomic E-state index is 0.0694. The number of hydrogen-bond acceptors (Lipinski definition) is 8. The first-order chi connectivity index (χ1) is 19.4. The molecule has 0 aromatic heterocycles. The maximum atomic E-state index is 13.4. The summed E-state index contributed by atoms with van der Waals surface area (Å²) >= 11 is 0. The van der Waals surface area contributed by atoms with E-state index in [2.05, 4.69) is 0 Å². The molecule has 0 bridgehead atoms. The number of methoxy groups -OCH3 is 6. The van der Waals surface area contributed by atoms with Gasteiger partial charge in [0, 0.05) is 5.56 Å². The van der Waals surface area contributed by atoms with E-state index in [0.29, 0.717) is 51.2 Å². The molecule has 0 unspecified atom stereocenters. The van der Waals surface area contributed by atoms with Crippen LogP contribution in [0.15, 0.2) is 72.3 Å². The highest BCUT2D eigenvalue weighted by Crippen LogP contribution is 2.30. The van der Waals surface area contributed by atoms with E-state index in [4.69, 9.17) is 28.4 Å². The van der Waals surface area contributed by atoms with E-state index in [-0.39, 0.29) is 5.57 Å². The predicted octanol–water partition coefficient (Wildman–Crippen LogP) is 5.69. The van der Waals surface area contributed by atoms with Crippen LogP contribution in [-0.2, 0) is 9.59 Å². The first-order valence-corrected chi connectivity index (χ1v) is 12.2. The summed E-state index contributed by atoms with van der Waals surface area (Å²) in [7, 11) is 9.19. The molecule has 40 heavy (non-hydrogen) atoms. The van der Waals surface area contributed by atoms with Gasteiger partial charge in [0.25, 0.3) is 0 Å². The van der Waals surface area contributed by atoms with Crippen molar-refractivity contribution in [2.75, 3.05) is 42.7 Å². The maximum Gasteiger partial charge on any atom is 0.189 e. The fourth-order valence-corrected chi connectivity index (χ4v) is 3.81. The molecular formula is C32H32O8. The van der Waals surface area contributed by atoms with Crippen molar-refractivity contribution in [3.8, 4) is 34.5 Å². The Labute approximate surface area is 234 Å². The van der Waals surface area contributed by atoms with E-state index in [1.807, 2.05) is 0 Å². The second-order valence-corrected chi connectivity index (χ2v) is 8.29. The predicted molar refractivity (Wildman–Crippen MR) is 155 cm³/mol. The monoisotopic (exact) mass is 544 g/mol. The number of ketones is 2. The molecule has 208 valence electrons. The third-order valence-electron chi connectivity index (χ3n) is 5.94. The lowest BCUT2D eigenvalue weighted by molar-refractivity contribution is -0.116. The molecule has 0 saturated heterocycles. The summed E-state index contributed by atoms with van der Waals surface area (Å²) in [6.07, 6.45) is 7.37. The standard InChI is InChI=1S/C32H32O8/c1-35-24-11-16-28(36-2)23(19-24)20-25(26(33)12-7-21-9-14-29(37-3)31(17-21)39-5)27(34)13-8-22-10-15-30(38-4)32(18-22)40-6/h7-20H,1-6H3/b12-7+,13-8+. The van der Waals surface area contributed by atoms with Gasteiger partial charge in [0.1, 0.15) is 11.5 Å². The van der Waals surface area contributed by atoms with Crippen LogP contribution in [-0.4, -0.2) is 54.2 Å². The quantitative estimate of drug-likeness (QED) is 0.154. The summed E-state index contributed by atoms with van der Waals surface area (Å²) in [4.78, 5) is 26.8. The Hall–Kier alpha value is -4.98. The molecule has 3 aromatic carbocycles. The van der Waals surface area contributed by atoms with Crippen LogP contribution >= 0.6 is 0 Å². The van der Waals surface area contributed by atoms with Crippen molar-refractivity contribution >= 4 is 29.8 Å². The zero-order valence-corrected chi connectivity index (χ0v) is 23.3. The first-order valence-electron chi connectivity index (χ1n) is 12.2. The van der Waals surface area contributed by atoms with Gasteiger partial charge < -0.3 is 28.4 Å². The lowest BCUT2D eigenvalue weighted by Gasteiger charge is -2.09. The molecule has 0 spiro atoms. The molecule has 0 amide bonds. The van der Waals surface area contributed by atoms with Gasteiger partial charge in [-0.25, -0.2) is 0 Å². The molecule has 8 heteroatoms. The number of rotatable bonds is 13. The van der Waals surface area contributed by atoms with Gasteiger partial charge in [0.2, 0.25) is 0 Å². The molecule has 0 aliphatic rings. The average molecular weight is 545 g/mol. The van der Waals surface area contributed by atoms with Crippen molar-refractivity contribution < 1.29 is 38.0 Å². The van der Waals surface area contributed by atoms with E-state index >= 15 is 0 Å². The van der Waals surface area contributed by atoms with Crippen molar-refractivity contribution in [3.63, 3.8) is 0 Å². The molecule has 8 nitrogen and oxygen atoms in total. The normalized spacial score (nSPS) is 10.8. The van der Waals surface area contributed by atoms with Crippen LogP contribution in [0.1, 0.15) is 16.7 Å². The SMILES string of the molecule is COc1ccc(OC)c(C=C(C(=O)/C=C/c2ccc(OC)c(OC)c2)C(=O)/C=C/c2ccc(OC)c(OC)c2)c1. The average Bonchev–Trinajstić information content (AvgIpc) is 3.00. The summed E-state index contributed by atoms with van der Waals surface area (Å²) < 4.78 is 32.0. The molecule has 0 aliphatic carbocycles. The number of carbonyl (C=O) groups excluding carboxylic acids is 2. The highest BCUT2D eigenvalue weighted by molar-refractivity contribution is 6.31. The Kier molecular flexibility index (Phi) is 10.5. The van der Waals surface area contributed by atoms with Gasteiger partial charge in [-0.2, -0.15) is 0 Å².